The van der Waals surface area contributed by atoms with Crippen molar-refractivity contribution >= 4 is 10.8 Å². The maximum Gasteiger partial charge on any atom is 0.0814 e. The molecule has 0 saturated carbocycles. The SMILES string of the molecule is CC1=C[C@@H]2C(=C[C@@H]1C)S(=O)c1cc3ccc1[C@@H]2Cc1ccc(cc1)CC3. The second-order valence-corrected chi connectivity index (χ2v) is 9.51. The lowest BCUT2D eigenvalue weighted by Gasteiger charge is -2.37. The molecule has 2 aromatic carbocycles. The summed E-state index contributed by atoms with van der Waals surface area (Å²) in [4.78, 5) is 2.19. The molecule has 0 spiro atoms. The van der Waals surface area contributed by atoms with Crippen molar-refractivity contribution < 1.29 is 4.21 Å². The molecule has 0 radical (unpaired) electrons. The van der Waals surface area contributed by atoms with Crippen molar-refractivity contribution in [2.45, 2.75) is 43.9 Å². The summed E-state index contributed by atoms with van der Waals surface area (Å²) in [5.41, 5.74) is 6.76. The highest BCUT2D eigenvalue weighted by atomic mass is 32.2. The van der Waals surface area contributed by atoms with Gasteiger partial charge >= 0.3 is 0 Å². The van der Waals surface area contributed by atoms with Crippen molar-refractivity contribution in [1.82, 2.24) is 0 Å². The molecule has 4 atom stereocenters. The van der Waals surface area contributed by atoms with E-state index >= 15 is 0 Å². The van der Waals surface area contributed by atoms with Crippen LogP contribution in [0.5, 0.6) is 0 Å². The number of benzene rings is 2. The van der Waals surface area contributed by atoms with Gasteiger partial charge in [0.1, 0.15) is 0 Å². The number of fused-ring (bicyclic) bond motifs is 1. The Morgan fingerprint density at radius 3 is 2.42 bits per heavy atom. The van der Waals surface area contributed by atoms with E-state index in [0.717, 1.165) is 29.1 Å². The van der Waals surface area contributed by atoms with Gasteiger partial charge in [0.05, 0.1) is 10.8 Å². The fourth-order valence-electron chi connectivity index (χ4n) is 4.65. The summed E-state index contributed by atoms with van der Waals surface area (Å²) in [5, 5.41) is 0. The zero-order chi connectivity index (χ0) is 17.8. The van der Waals surface area contributed by atoms with Crippen LogP contribution in [0.3, 0.4) is 0 Å². The number of aryl methyl sites for hydroxylation is 2. The maximum absolute atomic E-state index is 13.4. The molecule has 1 nitrogen and oxygen atoms in total. The fourth-order valence-corrected chi connectivity index (χ4v) is 6.40. The zero-order valence-corrected chi connectivity index (χ0v) is 16.2. The molecule has 0 N–H and O–H groups in total. The number of allylic oxidation sites excluding steroid dienone is 4. The molecule has 0 fully saturated rings. The molecule has 8 rings (SSSR count). The van der Waals surface area contributed by atoms with Gasteiger partial charge in [0, 0.05) is 21.6 Å². The second kappa shape index (κ2) is 6.06. The monoisotopic (exact) mass is 360 g/mol. The molecule has 0 saturated heterocycles. The summed E-state index contributed by atoms with van der Waals surface area (Å²) < 4.78 is 13.4. The molecule has 26 heavy (non-hydrogen) atoms. The number of hydrogen-bond donors (Lipinski definition) is 0. The summed E-state index contributed by atoms with van der Waals surface area (Å²) in [6.07, 6.45) is 7.71. The van der Waals surface area contributed by atoms with E-state index in [1.807, 2.05) is 0 Å². The first-order chi connectivity index (χ1) is 12.6. The normalized spacial score (nSPS) is 29.3. The predicted octanol–water partition coefficient (Wildman–Crippen LogP) is 5.33. The van der Waals surface area contributed by atoms with E-state index in [4.69, 9.17) is 0 Å². The standard InChI is InChI=1S/C24H24OS/c1-15-11-22-21-13-18-6-3-17(4-7-18)5-8-19-9-10-20(21)24(14-19)26(25)23(22)12-16(15)2/h3-4,6-7,9-12,14,16,21-22H,5,8,13H2,1-2H3/t16-,21-,22-,26?/m0/s1. The molecule has 2 aromatic rings. The van der Waals surface area contributed by atoms with E-state index in [2.05, 4.69) is 68.5 Å². The van der Waals surface area contributed by atoms with Crippen LogP contribution in [-0.4, -0.2) is 4.21 Å². The Labute approximate surface area is 158 Å². The molecule has 1 unspecified atom stereocenters. The fraction of sp³-hybridized carbons (Fsp3) is 0.333. The van der Waals surface area contributed by atoms with Crippen LogP contribution in [0, 0.1) is 11.8 Å². The van der Waals surface area contributed by atoms with Crippen molar-refractivity contribution in [3.05, 3.63) is 87.3 Å². The van der Waals surface area contributed by atoms with E-state index in [0.29, 0.717) is 11.8 Å². The largest absolute Gasteiger partial charge is 0.249 e. The minimum Gasteiger partial charge on any atom is -0.249 e. The predicted molar refractivity (Wildman–Crippen MR) is 108 cm³/mol. The van der Waals surface area contributed by atoms with Crippen molar-refractivity contribution in [2.24, 2.45) is 11.8 Å². The van der Waals surface area contributed by atoms with E-state index in [1.165, 1.54) is 27.8 Å². The first-order valence-corrected chi connectivity index (χ1v) is 10.8. The molecule has 1 heterocycles. The van der Waals surface area contributed by atoms with E-state index in [9.17, 15) is 4.21 Å². The van der Waals surface area contributed by atoms with Crippen molar-refractivity contribution in [3.63, 3.8) is 0 Å². The minimum absolute atomic E-state index is 0.257. The van der Waals surface area contributed by atoms with E-state index < -0.39 is 10.8 Å². The van der Waals surface area contributed by atoms with Crippen LogP contribution in [0.2, 0.25) is 0 Å². The van der Waals surface area contributed by atoms with Crippen LogP contribution in [0.25, 0.3) is 0 Å². The highest BCUT2D eigenvalue weighted by Crippen LogP contribution is 2.48. The quantitative estimate of drug-likeness (QED) is 0.581. The second-order valence-electron chi connectivity index (χ2n) is 8.06. The van der Waals surface area contributed by atoms with E-state index in [1.54, 1.807) is 0 Å². The highest BCUT2D eigenvalue weighted by molar-refractivity contribution is 7.89. The van der Waals surface area contributed by atoms with Crippen molar-refractivity contribution in [2.75, 3.05) is 0 Å². The van der Waals surface area contributed by atoms with Gasteiger partial charge in [-0.15, -0.1) is 0 Å². The molecule has 5 aliphatic carbocycles. The van der Waals surface area contributed by atoms with Gasteiger partial charge in [-0.25, -0.2) is 4.21 Å². The summed E-state index contributed by atoms with van der Waals surface area (Å²) >= 11 is 0. The van der Waals surface area contributed by atoms with Gasteiger partial charge in [-0.2, -0.15) is 0 Å². The Hall–Kier alpha value is -1.93. The average Bonchev–Trinajstić information content (AvgIpc) is 2.64. The summed E-state index contributed by atoms with van der Waals surface area (Å²) in [7, 11) is -1.03. The molecular weight excluding hydrogens is 336 g/mol. The zero-order valence-electron chi connectivity index (χ0n) is 15.4. The van der Waals surface area contributed by atoms with Crippen LogP contribution in [-0.2, 0) is 30.1 Å². The third kappa shape index (κ3) is 2.54. The first-order valence-electron chi connectivity index (χ1n) is 9.62. The lowest BCUT2D eigenvalue weighted by atomic mass is 9.76. The van der Waals surface area contributed by atoms with Gasteiger partial charge in [-0.3, -0.25) is 0 Å². The van der Waals surface area contributed by atoms with Crippen LogP contribution >= 0.6 is 0 Å². The average molecular weight is 361 g/mol. The topological polar surface area (TPSA) is 17.1 Å². The molecule has 132 valence electrons. The van der Waals surface area contributed by atoms with E-state index in [-0.39, 0.29) is 5.92 Å². The Bertz CT molecular complexity index is 964. The van der Waals surface area contributed by atoms with Gasteiger partial charge in [-0.05, 0) is 60.4 Å². The molecule has 0 aromatic heterocycles. The van der Waals surface area contributed by atoms with Gasteiger partial charge in [0.15, 0.2) is 0 Å². The minimum atomic E-state index is -1.03. The molecule has 6 bridgehead atoms. The lowest BCUT2D eigenvalue weighted by molar-refractivity contribution is 0.538. The van der Waals surface area contributed by atoms with Crippen molar-refractivity contribution in [3.8, 4) is 0 Å². The van der Waals surface area contributed by atoms with Crippen LogP contribution < -0.4 is 0 Å². The van der Waals surface area contributed by atoms with Gasteiger partial charge < -0.3 is 0 Å². The summed E-state index contributed by atoms with van der Waals surface area (Å²) in [5.74, 6) is 1.01. The van der Waals surface area contributed by atoms with Crippen LogP contribution in [0.15, 0.2) is 70.0 Å². The first kappa shape index (κ1) is 16.3. The number of hydrogen-bond acceptors (Lipinski definition) is 1. The number of rotatable bonds is 0. The molecular formula is C24H24OS. The Kier molecular flexibility index (Phi) is 3.79. The third-order valence-corrected chi connectivity index (χ3v) is 8.00. The Morgan fingerprint density at radius 1 is 0.923 bits per heavy atom. The van der Waals surface area contributed by atoms with Crippen LogP contribution in [0.1, 0.15) is 42.0 Å². The third-order valence-electron chi connectivity index (χ3n) is 6.41. The molecule has 0 amide bonds. The Balaban J connectivity index is 1.73. The smallest absolute Gasteiger partial charge is 0.0814 e. The summed E-state index contributed by atoms with van der Waals surface area (Å²) in [6, 6.07) is 15.9. The molecule has 6 aliphatic rings. The van der Waals surface area contributed by atoms with Crippen molar-refractivity contribution in [1.29, 1.82) is 0 Å². The van der Waals surface area contributed by atoms with Gasteiger partial charge in [0.25, 0.3) is 0 Å². The molecule has 1 aliphatic heterocycles. The van der Waals surface area contributed by atoms with Crippen LogP contribution in [0.4, 0.5) is 0 Å². The van der Waals surface area contributed by atoms with Gasteiger partial charge in [-0.1, -0.05) is 61.0 Å². The maximum atomic E-state index is 13.4. The highest BCUT2D eigenvalue weighted by Gasteiger charge is 2.38. The molecule has 2 heteroatoms. The Morgan fingerprint density at radius 2 is 1.62 bits per heavy atom. The summed E-state index contributed by atoms with van der Waals surface area (Å²) in [6.45, 7) is 4.42. The lowest BCUT2D eigenvalue weighted by Crippen LogP contribution is -2.28. The van der Waals surface area contributed by atoms with Gasteiger partial charge in [0.2, 0.25) is 0 Å².